The number of aromatic carboxylic acids is 1. The van der Waals surface area contributed by atoms with Crippen LogP contribution in [0.3, 0.4) is 0 Å². The fourth-order valence-electron chi connectivity index (χ4n) is 1.03. The molecule has 14 heavy (non-hydrogen) atoms. The maximum atomic E-state index is 12.3. The van der Waals surface area contributed by atoms with Crippen molar-refractivity contribution in [3.05, 3.63) is 22.8 Å². The van der Waals surface area contributed by atoms with Crippen molar-refractivity contribution < 1.29 is 18.7 Å². The van der Waals surface area contributed by atoms with E-state index in [1.807, 2.05) is 0 Å². The van der Waals surface area contributed by atoms with Crippen LogP contribution < -0.4 is 0 Å². The highest BCUT2D eigenvalue weighted by molar-refractivity contribution is 5.86. The van der Waals surface area contributed by atoms with Crippen LogP contribution in [0.2, 0.25) is 0 Å². The van der Waals surface area contributed by atoms with E-state index in [9.17, 15) is 13.6 Å². The van der Waals surface area contributed by atoms with Gasteiger partial charge in [0.05, 0.1) is 11.4 Å². The quantitative estimate of drug-likeness (QED) is 0.793. The Balaban J connectivity index is 3.31. The molecule has 0 aliphatic carbocycles. The predicted octanol–water partition coefficient (Wildman–Crippen LogP) is 1.73. The molecule has 0 radical (unpaired) electrons. The van der Waals surface area contributed by atoms with E-state index >= 15 is 0 Å². The summed E-state index contributed by atoms with van der Waals surface area (Å²) in [5, 5.41) is 8.63. The number of aryl methyl sites for hydroxylation is 2. The maximum Gasteiger partial charge on any atom is 0.356 e. The molecule has 1 aromatic rings. The largest absolute Gasteiger partial charge is 0.476 e. The predicted molar refractivity (Wildman–Crippen MR) is 43.4 cm³/mol. The molecule has 0 saturated heterocycles. The van der Waals surface area contributed by atoms with E-state index in [1.54, 1.807) is 0 Å². The second-order valence-electron chi connectivity index (χ2n) is 2.73. The lowest BCUT2D eigenvalue weighted by Gasteiger charge is -2.06. The lowest BCUT2D eigenvalue weighted by atomic mass is 10.2. The molecule has 0 bridgehead atoms. The highest BCUT2D eigenvalue weighted by atomic mass is 19.3. The van der Waals surface area contributed by atoms with Crippen LogP contribution in [0.25, 0.3) is 0 Å². The molecule has 1 heterocycles. The summed E-state index contributed by atoms with van der Waals surface area (Å²) in [6.07, 6.45) is -2.73. The average Bonchev–Trinajstić information content (AvgIpc) is 2.07. The van der Waals surface area contributed by atoms with E-state index in [2.05, 4.69) is 9.97 Å². The minimum absolute atomic E-state index is 0.00148. The van der Waals surface area contributed by atoms with Crippen molar-refractivity contribution in [1.29, 1.82) is 0 Å². The molecule has 0 aromatic carbocycles. The van der Waals surface area contributed by atoms with Gasteiger partial charge in [-0.2, -0.15) is 0 Å². The van der Waals surface area contributed by atoms with Crippen LogP contribution in [0, 0.1) is 13.8 Å². The Morgan fingerprint density at radius 3 is 2.29 bits per heavy atom. The molecule has 0 aliphatic rings. The first-order chi connectivity index (χ1) is 6.43. The SMILES string of the molecule is Cc1nc(C(F)F)c(C)nc1C(=O)O. The van der Waals surface area contributed by atoms with Crippen molar-refractivity contribution in [3.63, 3.8) is 0 Å². The zero-order valence-electron chi connectivity index (χ0n) is 7.58. The van der Waals surface area contributed by atoms with Crippen LogP contribution in [0.15, 0.2) is 0 Å². The van der Waals surface area contributed by atoms with Gasteiger partial charge in [-0.25, -0.2) is 23.5 Å². The van der Waals surface area contributed by atoms with Gasteiger partial charge in [-0.05, 0) is 13.8 Å². The molecule has 1 aromatic heterocycles. The first kappa shape index (κ1) is 10.5. The molecule has 0 fully saturated rings. The number of alkyl halides is 2. The molecule has 76 valence electrons. The van der Waals surface area contributed by atoms with E-state index < -0.39 is 18.1 Å². The molecular weight excluding hydrogens is 194 g/mol. The Hall–Kier alpha value is -1.59. The standard InChI is InChI=1S/C8H8F2N2O2/c1-3-5(7(9)10)11-4(2)6(12-3)8(13)14/h7H,1-2H3,(H,13,14). The van der Waals surface area contributed by atoms with Crippen molar-refractivity contribution in [3.8, 4) is 0 Å². The number of hydrogen-bond donors (Lipinski definition) is 1. The van der Waals surface area contributed by atoms with Crippen LogP contribution >= 0.6 is 0 Å². The van der Waals surface area contributed by atoms with Crippen LogP contribution in [-0.4, -0.2) is 21.0 Å². The molecule has 0 spiro atoms. The van der Waals surface area contributed by atoms with Crippen molar-refractivity contribution in [2.24, 2.45) is 0 Å². The van der Waals surface area contributed by atoms with Crippen molar-refractivity contribution in [2.75, 3.05) is 0 Å². The first-order valence-electron chi connectivity index (χ1n) is 3.80. The van der Waals surface area contributed by atoms with Crippen LogP contribution in [0.1, 0.15) is 34.0 Å². The van der Waals surface area contributed by atoms with Crippen molar-refractivity contribution in [2.45, 2.75) is 20.3 Å². The number of halogens is 2. The highest BCUT2D eigenvalue weighted by Gasteiger charge is 2.18. The molecule has 0 unspecified atom stereocenters. The summed E-state index contributed by atoms with van der Waals surface area (Å²) in [6.45, 7) is 2.64. The number of rotatable bonds is 2. The average molecular weight is 202 g/mol. The lowest BCUT2D eigenvalue weighted by Crippen LogP contribution is -2.10. The summed E-state index contributed by atoms with van der Waals surface area (Å²) in [4.78, 5) is 17.6. The topological polar surface area (TPSA) is 63.1 Å². The summed E-state index contributed by atoms with van der Waals surface area (Å²) >= 11 is 0. The monoisotopic (exact) mass is 202 g/mol. The maximum absolute atomic E-state index is 12.3. The lowest BCUT2D eigenvalue weighted by molar-refractivity contribution is 0.0687. The number of hydrogen-bond acceptors (Lipinski definition) is 3. The normalized spacial score (nSPS) is 10.6. The minimum atomic E-state index is -2.73. The summed E-state index contributed by atoms with van der Waals surface area (Å²) < 4.78 is 24.6. The molecule has 0 atom stereocenters. The van der Waals surface area contributed by atoms with Crippen molar-refractivity contribution >= 4 is 5.97 Å². The third-order valence-corrected chi connectivity index (χ3v) is 1.69. The smallest absolute Gasteiger partial charge is 0.356 e. The Kier molecular flexibility index (Phi) is 2.73. The second kappa shape index (κ2) is 3.65. The number of carboxylic acid groups (broad SMARTS) is 1. The van der Waals surface area contributed by atoms with Crippen LogP contribution in [-0.2, 0) is 0 Å². The van der Waals surface area contributed by atoms with Gasteiger partial charge in [-0.1, -0.05) is 0 Å². The van der Waals surface area contributed by atoms with Gasteiger partial charge in [0.15, 0.2) is 5.69 Å². The Morgan fingerprint density at radius 2 is 1.86 bits per heavy atom. The van der Waals surface area contributed by atoms with Crippen LogP contribution in [0.5, 0.6) is 0 Å². The molecule has 0 saturated carbocycles. The summed E-state index contributed by atoms with van der Waals surface area (Å²) in [7, 11) is 0. The van der Waals surface area contributed by atoms with Gasteiger partial charge in [0.2, 0.25) is 0 Å². The van der Waals surface area contributed by atoms with E-state index in [-0.39, 0.29) is 17.1 Å². The number of carbonyl (C=O) groups is 1. The van der Waals surface area contributed by atoms with E-state index in [4.69, 9.17) is 5.11 Å². The van der Waals surface area contributed by atoms with Gasteiger partial charge in [0.1, 0.15) is 5.69 Å². The molecule has 0 aliphatic heterocycles. The fourth-order valence-corrected chi connectivity index (χ4v) is 1.03. The van der Waals surface area contributed by atoms with Gasteiger partial charge < -0.3 is 5.11 Å². The second-order valence-corrected chi connectivity index (χ2v) is 2.73. The summed E-state index contributed by atoms with van der Waals surface area (Å²) in [5.74, 6) is -1.26. The van der Waals surface area contributed by atoms with E-state index in [0.29, 0.717) is 0 Å². The molecule has 6 heteroatoms. The molecule has 1 rings (SSSR count). The van der Waals surface area contributed by atoms with Crippen molar-refractivity contribution in [1.82, 2.24) is 9.97 Å². The summed E-state index contributed by atoms with van der Waals surface area (Å²) in [6, 6.07) is 0. The number of aromatic nitrogens is 2. The Morgan fingerprint density at radius 1 is 1.29 bits per heavy atom. The van der Waals surface area contributed by atoms with E-state index in [0.717, 1.165) is 0 Å². The molecular formula is C8H8F2N2O2. The van der Waals surface area contributed by atoms with Gasteiger partial charge >= 0.3 is 5.97 Å². The van der Waals surface area contributed by atoms with Gasteiger partial charge in [-0.3, -0.25) is 0 Å². The third-order valence-electron chi connectivity index (χ3n) is 1.69. The Bertz CT molecular complexity index is 380. The molecule has 0 amide bonds. The minimum Gasteiger partial charge on any atom is -0.476 e. The first-order valence-corrected chi connectivity index (χ1v) is 3.80. The molecule has 4 nitrogen and oxygen atoms in total. The van der Waals surface area contributed by atoms with Gasteiger partial charge in [0, 0.05) is 0 Å². The van der Waals surface area contributed by atoms with Gasteiger partial charge in [0.25, 0.3) is 6.43 Å². The zero-order valence-corrected chi connectivity index (χ0v) is 7.58. The number of nitrogens with zero attached hydrogens (tertiary/aromatic N) is 2. The zero-order chi connectivity index (χ0) is 10.9. The van der Waals surface area contributed by atoms with E-state index in [1.165, 1.54) is 13.8 Å². The van der Waals surface area contributed by atoms with Crippen LogP contribution in [0.4, 0.5) is 8.78 Å². The summed E-state index contributed by atoms with van der Waals surface area (Å²) in [5.41, 5.74) is -0.805. The third kappa shape index (κ3) is 1.84. The molecule has 1 N–H and O–H groups in total. The Labute approximate surface area is 78.6 Å². The highest BCUT2D eigenvalue weighted by Crippen LogP contribution is 2.20. The van der Waals surface area contributed by atoms with Gasteiger partial charge in [-0.15, -0.1) is 0 Å². The number of carboxylic acids is 1. The fraction of sp³-hybridized carbons (Fsp3) is 0.375.